The summed E-state index contributed by atoms with van der Waals surface area (Å²) in [6, 6.07) is 3.30. The second kappa shape index (κ2) is 6.59. The Labute approximate surface area is 133 Å². The summed E-state index contributed by atoms with van der Waals surface area (Å²) in [6.45, 7) is 6.05. The Morgan fingerprint density at radius 3 is 2.61 bits per heavy atom. The molecule has 1 N–H and O–H groups in total. The summed E-state index contributed by atoms with van der Waals surface area (Å²) in [5.41, 5.74) is 2.46. The van der Waals surface area contributed by atoms with Gasteiger partial charge in [0.15, 0.2) is 0 Å². The molecule has 0 aliphatic carbocycles. The van der Waals surface area contributed by atoms with Crippen LogP contribution in [0.2, 0.25) is 0 Å². The van der Waals surface area contributed by atoms with Gasteiger partial charge in [-0.1, -0.05) is 6.92 Å². The van der Waals surface area contributed by atoms with Crippen molar-refractivity contribution in [3.05, 3.63) is 39.3 Å². The van der Waals surface area contributed by atoms with Crippen LogP contribution in [-0.2, 0) is 24.9 Å². The fourth-order valence-corrected chi connectivity index (χ4v) is 2.29. The molecule has 23 heavy (non-hydrogen) atoms. The van der Waals surface area contributed by atoms with Gasteiger partial charge in [-0.3, -0.25) is 9.48 Å². The van der Waals surface area contributed by atoms with Gasteiger partial charge in [-0.05, 0) is 24.8 Å². The molecule has 0 saturated carbocycles. The molecule has 0 fully saturated rings. The number of hydrogen-bond acceptors (Lipinski definition) is 5. The van der Waals surface area contributed by atoms with Crippen LogP contribution in [0.15, 0.2) is 12.1 Å². The van der Waals surface area contributed by atoms with Crippen LogP contribution in [0.1, 0.15) is 24.0 Å². The van der Waals surface area contributed by atoms with E-state index in [4.69, 9.17) is 0 Å². The number of nitrogens with zero attached hydrogens (tertiary/aromatic N) is 5. The maximum Gasteiger partial charge on any atom is 0.390 e. The van der Waals surface area contributed by atoms with Gasteiger partial charge in [-0.2, -0.15) is 9.78 Å². The second-order valence-electron chi connectivity index (χ2n) is 5.60. The van der Waals surface area contributed by atoms with Crippen LogP contribution < -0.4 is 5.32 Å². The van der Waals surface area contributed by atoms with Gasteiger partial charge in [-0.15, -0.1) is 0 Å². The van der Waals surface area contributed by atoms with Crippen molar-refractivity contribution < 1.29 is 9.72 Å². The van der Waals surface area contributed by atoms with Crippen LogP contribution in [0.25, 0.3) is 0 Å². The van der Waals surface area contributed by atoms with Crippen LogP contribution in [0.5, 0.6) is 0 Å². The van der Waals surface area contributed by atoms with Crippen molar-refractivity contribution >= 4 is 11.7 Å². The van der Waals surface area contributed by atoms with Gasteiger partial charge < -0.3 is 15.4 Å². The maximum absolute atomic E-state index is 12.2. The number of hydrogen-bond donors (Lipinski definition) is 1. The molecule has 0 aromatic carbocycles. The quantitative estimate of drug-likeness (QED) is 0.633. The van der Waals surface area contributed by atoms with E-state index in [-0.39, 0.29) is 24.2 Å². The monoisotopic (exact) mass is 320 g/mol. The molecule has 2 aromatic heterocycles. The van der Waals surface area contributed by atoms with Crippen molar-refractivity contribution in [3.8, 4) is 0 Å². The van der Waals surface area contributed by atoms with Gasteiger partial charge in [-0.25, -0.2) is 0 Å². The predicted molar refractivity (Wildman–Crippen MR) is 82.6 cm³/mol. The molecule has 124 valence electrons. The van der Waals surface area contributed by atoms with Crippen molar-refractivity contribution in [2.75, 3.05) is 0 Å². The highest BCUT2D eigenvalue weighted by molar-refractivity contribution is 5.78. The van der Waals surface area contributed by atoms with Gasteiger partial charge in [0.25, 0.3) is 0 Å². The Morgan fingerprint density at radius 1 is 1.39 bits per heavy atom. The van der Waals surface area contributed by atoms with Crippen LogP contribution in [0, 0.1) is 29.9 Å². The summed E-state index contributed by atoms with van der Waals surface area (Å²) in [5.74, 6) is -0.704. The molecule has 0 bridgehead atoms. The van der Waals surface area contributed by atoms with Crippen molar-refractivity contribution in [2.45, 2.75) is 33.9 Å². The maximum atomic E-state index is 12.2. The van der Waals surface area contributed by atoms with Crippen LogP contribution in [-0.4, -0.2) is 30.4 Å². The Hall–Kier alpha value is -2.71. The summed E-state index contributed by atoms with van der Waals surface area (Å²) in [5, 5.41) is 21.7. The molecule has 0 spiro atoms. The largest absolute Gasteiger partial charge is 0.390 e. The van der Waals surface area contributed by atoms with Crippen LogP contribution in [0.3, 0.4) is 0 Å². The van der Waals surface area contributed by atoms with Gasteiger partial charge in [0.2, 0.25) is 5.91 Å². The van der Waals surface area contributed by atoms with Crippen LogP contribution >= 0.6 is 0 Å². The standard InChI is InChI=1S/C14H20N6O3/c1-9(8-19-11(3)6-13(17-19)20(22)23)14(21)15-7-12-5-10(2)16-18(12)4/h5-6,9H,7-8H2,1-4H3,(H,15,21). The molecule has 1 amide bonds. The molecule has 9 nitrogen and oxygen atoms in total. The number of rotatable bonds is 6. The summed E-state index contributed by atoms with van der Waals surface area (Å²) < 4.78 is 3.21. The molecule has 2 rings (SSSR count). The number of amides is 1. The number of aromatic nitrogens is 4. The molecule has 0 radical (unpaired) electrons. The first-order valence-electron chi connectivity index (χ1n) is 7.24. The average Bonchev–Trinajstić information content (AvgIpc) is 2.99. The summed E-state index contributed by atoms with van der Waals surface area (Å²) in [7, 11) is 1.82. The highest BCUT2D eigenvalue weighted by atomic mass is 16.6. The van der Waals surface area contributed by atoms with Gasteiger partial charge in [0.1, 0.15) is 0 Å². The third-order valence-electron chi connectivity index (χ3n) is 3.59. The minimum absolute atomic E-state index is 0.138. The highest BCUT2D eigenvalue weighted by Gasteiger charge is 2.20. The molecule has 9 heteroatoms. The topological polar surface area (TPSA) is 108 Å². The van der Waals surface area contributed by atoms with E-state index in [9.17, 15) is 14.9 Å². The van der Waals surface area contributed by atoms with E-state index in [0.717, 1.165) is 11.4 Å². The number of carbonyl (C=O) groups is 1. The summed E-state index contributed by atoms with van der Waals surface area (Å²) in [4.78, 5) is 22.4. The van der Waals surface area contributed by atoms with E-state index in [2.05, 4.69) is 15.5 Å². The zero-order chi connectivity index (χ0) is 17.1. The van der Waals surface area contributed by atoms with Crippen molar-refractivity contribution in [3.63, 3.8) is 0 Å². The molecular weight excluding hydrogens is 300 g/mol. The molecular formula is C14H20N6O3. The zero-order valence-corrected chi connectivity index (χ0v) is 13.6. The Bertz CT molecular complexity index is 733. The van der Waals surface area contributed by atoms with E-state index in [0.29, 0.717) is 12.2 Å². The second-order valence-corrected chi connectivity index (χ2v) is 5.60. The fourth-order valence-electron chi connectivity index (χ4n) is 2.29. The molecule has 0 aliphatic heterocycles. The molecule has 0 saturated heterocycles. The minimum Gasteiger partial charge on any atom is -0.358 e. The van der Waals surface area contributed by atoms with E-state index in [1.54, 1.807) is 18.5 Å². The first kappa shape index (κ1) is 16.7. The Kier molecular flexibility index (Phi) is 4.77. The van der Waals surface area contributed by atoms with Crippen molar-refractivity contribution in [2.24, 2.45) is 13.0 Å². The van der Waals surface area contributed by atoms with Crippen LogP contribution in [0.4, 0.5) is 5.82 Å². The van der Waals surface area contributed by atoms with E-state index in [1.165, 1.54) is 10.7 Å². The SMILES string of the molecule is Cc1cc(CNC(=O)C(C)Cn2nc([N+](=O)[O-])cc2C)n(C)n1. The molecule has 1 unspecified atom stereocenters. The normalized spacial score (nSPS) is 12.2. The molecule has 0 aliphatic rings. The van der Waals surface area contributed by atoms with E-state index in [1.807, 2.05) is 20.0 Å². The Morgan fingerprint density at radius 2 is 2.09 bits per heavy atom. The lowest BCUT2D eigenvalue weighted by Crippen LogP contribution is -2.32. The first-order chi connectivity index (χ1) is 10.8. The van der Waals surface area contributed by atoms with E-state index >= 15 is 0 Å². The van der Waals surface area contributed by atoms with Gasteiger partial charge in [0, 0.05) is 7.05 Å². The predicted octanol–water partition coefficient (Wildman–Crippen LogP) is 1.09. The highest BCUT2D eigenvalue weighted by Crippen LogP contribution is 2.13. The molecule has 2 aromatic rings. The summed E-state index contributed by atoms with van der Waals surface area (Å²) >= 11 is 0. The third-order valence-corrected chi connectivity index (χ3v) is 3.59. The number of aryl methyl sites for hydroxylation is 3. The minimum atomic E-state index is -0.543. The smallest absolute Gasteiger partial charge is 0.358 e. The lowest BCUT2D eigenvalue weighted by atomic mass is 10.1. The number of nitrogens with one attached hydrogen (secondary N) is 1. The lowest BCUT2D eigenvalue weighted by Gasteiger charge is -2.11. The number of nitro groups is 1. The first-order valence-corrected chi connectivity index (χ1v) is 7.24. The zero-order valence-electron chi connectivity index (χ0n) is 13.6. The fraction of sp³-hybridized carbons (Fsp3) is 0.500. The van der Waals surface area contributed by atoms with Crippen molar-refractivity contribution in [1.82, 2.24) is 24.9 Å². The van der Waals surface area contributed by atoms with Crippen molar-refractivity contribution in [1.29, 1.82) is 0 Å². The van der Waals surface area contributed by atoms with E-state index < -0.39 is 4.92 Å². The third kappa shape index (κ3) is 3.93. The molecule has 2 heterocycles. The lowest BCUT2D eigenvalue weighted by molar-refractivity contribution is -0.389. The number of carbonyl (C=O) groups excluding carboxylic acids is 1. The Balaban J connectivity index is 1.95. The average molecular weight is 320 g/mol. The van der Waals surface area contributed by atoms with Gasteiger partial charge in [0.05, 0.1) is 47.3 Å². The summed E-state index contributed by atoms with van der Waals surface area (Å²) in [6.07, 6.45) is 0. The molecule has 1 atom stereocenters. The van der Waals surface area contributed by atoms with Gasteiger partial charge >= 0.3 is 5.82 Å².